The fourth-order valence-corrected chi connectivity index (χ4v) is 1.04. The standard InChI is InChI=1S/C9H13N3/c1-4-7-9-8(5-2)10-11-12(9)6-3/h4-5,7H,2,6H2,1,3H3/b7-4-. The first-order valence-corrected chi connectivity index (χ1v) is 4.02. The van der Waals surface area contributed by atoms with Crippen LogP contribution in [0.5, 0.6) is 0 Å². The summed E-state index contributed by atoms with van der Waals surface area (Å²) < 4.78 is 1.84. The third kappa shape index (κ3) is 1.44. The summed E-state index contributed by atoms with van der Waals surface area (Å²) >= 11 is 0. The molecule has 1 aromatic rings. The monoisotopic (exact) mass is 163 g/mol. The average molecular weight is 163 g/mol. The maximum absolute atomic E-state index is 3.97. The van der Waals surface area contributed by atoms with Gasteiger partial charge in [-0.25, -0.2) is 4.68 Å². The Bertz CT molecular complexity index is 297. The summed E-state index contributed by atoms with van der Waals surface area (Å²) in [6.45, 7) is 8.51. The Hall–Kier alpha value is -1.38. The molecule has 1 heterocycles. The van der Waals surface area contributed by atoms with E-state index in [9.17, 15) is 0 Å². The summed E-state index contributed by atoms with van der Waals surface area (Å²) in [5.41, 5.74) is 1.87. The van der Waals surface area contributed by atoms with Crippen LogP contribution in [0.2, 0.25) is 0 Å². The van der Waals surface area contributed by atoms with Gasteiger partial charge in [-0.1, -0.05) is 17.9 Å². The van der Waals surface area contributed by atoms with Crippen molar-refractivity contribution in [1.29, 1.82) is 0 Å². The second kappa shape index (κ2) is 3.85. The molecule has 0 saturated carbocycles. The molecule has 1 rings (SSSR count). The van der Waals surface area contributed by atoms with Gasteiger partial charge in [0.05, 0.1) is 5.69 Å². The minimum atomic E-state index is 0.834. The lowest BCUT2D eigenvalue weighted by molar-refractivity contribution is 0.622. The van der Waals surface area contributed by atoms with Crippen LogP contribution in [0.1, 0.15) is 25.2 Å². The minimum Gasteiger partial charge on any atom is -0.245 e. The van der Waals surface area contributed by atoms with Crippen LogP contribution in [-0.2, 0) is 6.54 Å². The molecule has 0 amide bonds. The number of hydrogen-bond acceptors (Lipinski definition) is 2. The van der Waals surface area contributed by atoms with E-state index in [2.05, 4.69) is 16.9 Å². The quantitative estimate of drug-likeness (QED) is 0.682. The van der Waals surface area contributed by atoms with Gasteiger partial charge in [0.25, 0.3) is 0 Å². The van der Waals surface area contributed by atoms with E-state index in [1.165, 1.54) is 0 Å². The van der Waals surface area contributed by atoms with Crippen LogP contribution in [0, 0.1) is 0 Å². The number of allylic oxidation sites excluding steroid dienone is 1. The second-order valence-corrected chi connectivity index (χ2v) is 2.38. The fraction of sp³-hybridized carbons (Fsp3) is 0.333. The summed E-state index contributed by atoms with van der Waals surface area (Å²) in [5, 5.41) is 7.94. The van der Waals surface area contributed by atoms with Gasteiger partial charge >= 0.3 is 0 Å². The molecule has 0 fully saturated rings. The minimum absolute atomic E-state index is 0.834. The molecule has 64 valence electrons. The summed E-state index contributed by atoms with van der Waals surface area (Å²) in [5.74, 6) is 0. The fourth-order valence-electron chi connectivity index (χ4n) is 1.04. The van der Waals surface area contributed by atoms with Crippen molar-refractivity contribution in [3.05, 3.63) is 24.0 Å². The lowest BCUT2D eigenvalue weighted by atomic mass is 10.3. The van der Waals surface area contributed by atoms with Crippen molar-refractivity contribution < 1.29 is 0 Å². The van der Waals surface area contributed by atoms with Gasteiger partial charge in [0.15, 0.2) is 0 Å². The van der Waals surface area contributed by atoms with Gasteiger partial charge in [-0.05, 0) is 26.0 Å². The molecule has 0 radical (unpaired) electrons. The molecule has 12 heavy (non-hydrogen) atoms. The van der Waals surface area contributed by atoms with Gasteiger partial charge in [-0.3, -0.25) is 0 Å². The van der Waals surface area contributed by atoms with E-state index in [0.717, 1.165) is 17.9 Å². The largest absolute Gasteiger partial charge is 0.245 e. The lowest BCUT2D eigenvalue weighted by Crippen LogP contribution is -1.98. The number of rotatable bonds is 3. The molecule has 0 unspecified atom stereocenters. The van der Waals surface area contributed by atoms with Gasteiger partial charge in [0.1, 0.15) is 5.69 Å². The van der Waals surface area contributed by atoms with E-state index in [0.29, 0.717) is 0 Å². The zero-order valence-electron chi connectivity index (χ0n) is 7.49. The maximum Gasteiger partial charge on any atom is 0.112 e. The molecule has 0 spiro atoms. The molecule has 0 atom stereocenters. The van der Waals surface area contributed by atoms with Crippen LogP contribution in [0.4, 0.5) is 0 Å². The first-order chi connectivity index (χ1) is 5.83. The van der Waals surface area contributed by atoms with Crippen LogP contribution in [0.15, 0.2) is 12.7 Å². The van der Waals surface area contributed by atoms with Crippen molar-refractivity contribution in [2.45, 2.75) is 20.4 Å². The molecule has 3 nitrogen and oxygen atoms in total. The molecular weight excluding hydrogens is 150 g/mol. The van der Waals surface area contributed by atoms with Gasteiger partial charge in [-0.2, -0.15) is 0 Å². The molecule has 0 saturated heterocycles. The van der Waals surface area contributed by atoms with Crippen LogP contribution < -0.4 is 0 Å². The first kappa shape index (κ1) is 8.71. The van der Waals surface area contributed by atoms with Crippen LogP contribution >= 0.6 is 0 Å². The summed E-state index contributed by atoms with van der Waals surface area (Å²) in [7, 11) is 0. The predicted molar refractivity (Wildman–Crippen MR) is 50.5 cm³/mol. The molecule has 0 aliphatic carbocycles. The highest BCUT2D eigenvalue weighted by molar-refractivity contribution is 5.57. The summed E-state index contributed by atoms with van der Waals surface area (Å²) in [6, 6.07) is 0. The van der Waals surface area contributed by atoms with Gasteiger partial charge < -0.3 is 0 Å². The van der Waals surface area contributed by atoms with Crippen LogP contribution in [0.25, 0.3) is 12.2 Å². The Morgan fingerprint density at radius 1 is 1.58 bits per heavy atom. The topological polar surface area (TPSA) is 30.7 Å². The highest BCUT2D eigenvalue weighted by atomic mass is 15.4. The van der Waals surface area contributed by atoms with E-state index in [1.54, 1.807) is 6.08 Å². The third-order valence-corrected chi connectivity index (χ3v) is 1.62. The SMILES string of the molecule is C=Cc1nnn(CC)c1/C=C\C. The van der Waals surface area contributed by atoms with Crippen molar-refractivity contribution in [2.75, 3.05) is 0 Å². The summed E-state index contributed by atoms with van der Waals surface area (Å²) in [6.07, 6.45) is 5.67. The zero-order chi connectivity index (χ0) is 8.97. The Morgan fingerprint density at radius 3 is 2.83 bits per heavy atom. The van der Waals surface area contributed by atoms with E-state index in [4.69, 9.17) is 0 Å². The van der Waals surface area contributed by atoms with Gasteiger partial charge in [0.2, 0.25) is 0 Å². The highest BCUT2D eigenvalue weighted by Crippen LogP contribution is 2.08. The average Bonchev–Trinajstić information content (AvgIpc) is 2.48. The Kier molecular flexibility index (Phi) is 2.80. The third-order valence-electron chi connectivity index (χ3n) is 1.62. The van der Waals surface area contributed by atoms with Gasteiger partial charge in [0, 0.05) is 6.54 Å². The van der Waals surface area contributed by atoms with Crippen LogP contribution in [-0.4, -0.2) is 15.0 Å². The smallest absolute Gasteiger partial charge is 0.112 e. The van der Waals surface area contributed by atoms with Crippen molar-refractivity contribution in [3.63, 3.8) is 0 Å². The van der Waals surface area contributed by atoms with E-state index in [1.807, 2.05) is 30.7 Å². The Labute approximate surface area is 72.4 Å². The Morgan fingerprint density at radius 2 is 2.33 bits per heavy atom. The molecule has 0 N–H and O–H groups in total. The van der Waals surface area contributed by atoms with E-state index in [-0.39, 0.29) is 0 Å². The number of hydrogen-bond donors (Lipinski definition) is 0. The van der Waals surface area contributed by atoms with Crippen molar-refractivity contribution in [2.24, 2.45) is 0 Å². The van der Waals surface area contributed by atoms with Gasteiger partial charge in [-0.15, -0.1) is 5.10 Å². The van der Waals surface area contributed by atoms with E-state index < -0.39 is 0 Å². The zero-order valence-corrected chi connectivity index (χ0v) is 7.49. The van der Waals surface area contributed by atoms with Crippen LogP contribution in [0.3, 0.4) is 0 Å². The Balaban J connectivity index is 3.15. The van der Waals surface area contributed by atoms with Crippen molar-refractivity contribution in [1.82, 2.24) is 15.0 Å². The molecule has 1 aromatic heterocycles. The first-order valence-electron chi connectivity index (χ1n) is 4.02. The summed E-state index contributed by atoms with van der Waals surface area (Å²) in [4.78, 5) is 0. The number of aromatic nitrogens is 3. The molecular formula is C9H13N3. The molecule has 3 heteroatoms. The van der Waals surface area contributed by atoms with Crippen molar-refractivity contribution in [3.8, 4) is 0 Å². The number of nitrogens with zero attached hydrogens (tertiary/aromatic N) is 3. The lowest BCUT2D eigenvalue weighted by Gasteiger charge is -1.96. The van der Waals surface area contributed by atoms with E-state index >= 15 is 0 Å². The predicted octanol–water partition coefficient (Wildman–Crippen LogP) is 1.97. The molecule has 0 bridgehead atoms. The van der Waals surface area contributed by atoms with Crippen molar-refractivity contribution >= 4 is 12.2 Å². The maximum atomic E-state index is 3.97. The molecule has 0 aliphatic rings. The number of aryl methyl sites for hydroxylation is 1. The molecule has 0 aliphatic heterocycles. The highest BCUT2D eigenvalue weighted by Gasteiger charge is 2.03. The normalized spacial score (nSPS) is 10.8. The molecule has 0 aromatic carbocycles. The second-order valence-electron chi connectivity index (χ2n) is 2.38.